The number of nitrogen functional groups attached to an aromatic ring is 1. The van der Waals surface area contributed by atoms with Gasteiger partial charge in [0.05, 0.1) is 5.69 Å². The quantitative estimate of drug-likeness (QED) is 0.764. The highest BCUT2D eigenvalue weighted by Crippen LogP contribution is 2.28. The Morgan fingerprint density at radius 2 is 1.89 bits per heavy atom. The third kappa shape index (κ3) is 1.95. The van der Waals surface area contributed by atoms with Crippen LogP contribution in [0.4, 0.5) is 10.2 Å². The van der Waals surface area contributed by atoms with E-state index in [1.165, 1.54) is 12.3 Å². The van der Waals surface area contributed by atoms with E-state index >= 15 is 0 Å². The molecule has 0 spiro atoms. The Kier molecular flexibility index (Phi) is 2.71. The van der Waals surface area contributed by atoms with Crippen molar-refractivity contribution in [3.63, 3.8) is 0 Å². The molecular weight excluding hydrogens is 241 g/mol. The second kappa shape index (κ2) is 4.39. The molecule has 0 aliphatic rings. The number of pyridine rings is 1. The Labute approximate surface area is 110 Å². The van der Waals surface area contributed by atoms with Crippen LogP contribution in [0.5, 0.6) is 0 Å². The lowest BCUT2D eigenvalue weighted by molar-refractivity contribution is 0.619. The summed E-state index contributed by atoms with van der Waals surface area (Å²) in [4.78, 5) is 4.50. The normalized spacial score (nSPS) is 12.7. The molecule has 2 heterocycles. The highest BCUT2D eigenvalue weighted by atomic mass is 19.1. The number of hydrogen-bond donors (Lipinski definition) is 1. The predicted molar refractivity (Wildman–Crippen MR) is 73.5 cm³/mol. The highest BCUT2D eigenvalue weighted by Gasteiger charge is 2.17. The van der Waals surface area contributed by atoms with Crippen LogP contribution in [-0.2, 0) is 0 Å². The third-order valence-corrected chi connectivity index (χ3v) is 3.36. The molecule has 1 unspecified atom stereocenters. The van der Waals surface area contributed by atoms with E-state index in [4.69, 9.17) is 5.73 Å². The number of nitrogens with zero attached hydrogens (tertiary/aromatic N) is 2. The van der Waals surface area contributed by atoms with E-state index in [2.05, 4.69) is 4.98 Å². The molecule has 0 fully saturated rings. The molecule has 3 aromatic rings. The summed E-state index contributed by atoms with van der Waals surface area (Å²) in [5.41, 5.74) is 8.66. The van der Waals surface area contributed by atoms with Crippen LogP contribution in [0.3, 0.4) is 0 Å². The number of nitrogens with two attached hydrogens (primary N) is 1. The van der Waals surface area contributed by atoms with E-state index in [0.717, 1.165) is 11.3 Å². The summed E-state index contributed by atoms with van der Waals surface area (Å²) < 4.78 is 14.8. The summed E-state index contributed by atoms with van der Waals surface area (Å²) in [7, 11) is 0. The molecule has 3 rings (SSSR count). The summed E-state index contributed by atoms with van der Waals surface area (Å²) >= 11 is 0. The second-order valence-electron chi connectivity index (χ2n) is 4.59. The fourth-order valence-electron chi connectivity index (χ4n) is 2.27. The maximum absolute atomic E-state index is 13.2. The van der Waals surface area contributed by atoms with Crippen LogP contribution < -0.4 is 5.73 Å². The first kappa shape index (κ1) is 11.7. The van der Waals surface area contributed by atoms with Gasteiger partial charge in [0.25, 0.3) is 0 Å². The Morgan fingerprint density at radius 1 is 1.16 bits per heavy atom. The molecule has 2 aromatic heterocycles. The molecule has 0 aliphatic heterocycles. The van der Waals surface area contributed by atoms with E-state index in [1.54, 1.807) is 10.5 Å². The van der Waals surface area contributed by atoms with Crippen molar-refractivity contribution in [2.75, 3.05) is 5.73 Å². The zero-order chi connectivity index (χ0) is 13.4. The number of imidazole rings is 1. The fraction of sp³-hybridized carbons (Fsp3) is 0.133. The molecule has 19 heavy (non-hydrogen) atoms. The molecule has 0 saturated heterocycles. The van der Waals surface area contributed by atoms with Crippen molar-refractivity contribution in [2.24, 2.45) is 0 Å². The molecule has 0 saturated carbocycles. The van der Waals surface area contributed by atoms with E-state index in [9.17, 15) is 4.39 Å². The lowest BCUT2D eigenvalue weighted by Gasteiger charge is -2.09. The van der Waals surface area contributed by atoms with Crippen molar-refractivity contribution in [1.29, 1.82) is 0 Å². The average Bonchev–Trinajstić information content (AvgIpc) is 2.76. The van der Waals surface area contributed by atoms with Crippen molar-refractivity contribution >= 4 is 11.5 Å². The smallest absolute Gasteiger partial charge is 0.140 e. The molecule has 2 N–H and O–H groups in total. The van der Waals surface area contributed by atoms with Gasteiger partial charge >= 0.3 is 0 Å². The van der Waals surface area contributed by atoms with Gasteiger partial charge in [-0.3, -0.25) is 4.40 Å². The molecule has 0 bridgehead atoms. The number of fused-ring (bicyclic) bond motifs is 1. The average molecular weight is 255 g/mol. The number of rotatable bonds is 2. The molecule has 1 atom stereocenters. The molecule has 4 heteroatoms. The lowest BCUT2D eigenvalue weighted by atomic mass is 9.98. The maximum Gasteiger partial charge on any atom is 0.140 e. The van der Waals surface area contributed by atoms with E-state index in [1.807, 2.05) is 37.3 Å². The summed E-state index contributed by atoms with van der Waals surface area (Å²) in [6, 6.07) is 13.0. The van der Waals surface area contributed by atoms with Crippen LogP contribution in [0.25, 0.3) is 5.65 Å². The number of halogens is 1. The van der Waals surface area contributed by atoms with Gasteiger partial charge in [-0.2, -0.15) is 0 Å². The Hall–Kier alpha value is -2.36. The summed E-state index contributed by atoms with van der Waals surface area (Å²) in [6.07, 6.45) is 1.36. The van der Waals surface area contributed by atoms with E-state index < -0.39 is 0 Å². The number of aromatic nitrogens is 2. The fourth-order valence-corrected chi connectivity index (χ4v) is 2.27. The minimum Gasteiger partial charge on any atom is -0.383 e. The zero-order valence-electron chi connectivity index (χ0n) is 10.5. The lowest BCUT2D eigenvalue weighted by Crippen LogP contribution is -2.02. The molecule has 1 aromatic carbocycles. The van der Waals surface area contributed by atoms with E-state index in [-0.39, 0.29) is 11.7 Å². The largest absolute Gasteiger partial charge is 0.383 e. The van der Waals surface area contributed by atoms with Gasteiger partial charge in [-0.25, -0.2) is 9.37 Å². The third-order valence-electron chi connectivity index (χ3n) is 3.36. The van der Waals surface area contributed by atoms with Crippen LogP contribution >= 0.6 is 0 Å². The van der Waals surface area contributed by atoms with Gasteiger partial charge in [0.15, 0.2) is 0 Å². The molecular formula is C15H14FN3. The highest BCUT2D eigenvalue weighted by molar-refractivity contribution is 5.55. The Bertz CT molecular complexity index is 719. The van der Waals surface area contributed by atoms with Gasteiger partial charge in [0, 0.05) is 12.1 Å². The van der Waals surface area contributed by atoms with Crippen molar-refractivity contribution in [3.8, 4) is 0 Å². The molecule has 0 radical (unpaired) electrons. The Balaban J connectivity index is 2.13. The summed E-state index contributed by atoms with van der Waals surface area (Å²) in [5, 5.41) is 0. The topological polar surface area (TPSA) is 43.3 Å². The van der Waals surface area contributed by atoms with Gasteiger partial charge in [-0.05, 0) is 17.7 Å². The van der Waals surface area contributed by atoms with Crippen LogP contribution in [0.2, 0.25) is 0 Å². The molecule has 96 valence electrons. The first-order valence-corrected chi connectivity index (χ1v) is 6.15. The first-order chi connectivity index (χ1) is 9.16. The van der Waals surface area contributed by atoms with E-state index in [0.29, 0.717) is 11.5 Å². The summed E-state index contributed by atoms with van der Waals surface area (Å²) in [5.74, 6) is 0.241. The van der Waals surface area contributed by atoms with Crippen molar-refractivity contribution < 1.29 is 4.39 Å². The molecule has 0 amide bonds. The monoisotopic (exact) mass is 255 g/mol. The minimum absolute atomic E-state index is 0.0733. The van der Waals surface area contributed by atoms with Gasteiger partial charge in [-0.15, -0.1) is 0 Å². The van der Waals surface area contributed by atoms with Gasteiger partial charge in [0.2, 0.25) is 0 Å². The van der Waals surface area contributed by atoms with Crippen LogP contribution in [-0.4, -0.2) is 9.38 Å². The van der Waals surface area contributed by atoms with Gasteiger partial charge in [-0.1, -0.05) is 37.3 Å². The van der Waals surface area contributed by atoms with Gasteiger partial charge in [0.1, 0.15) is 17.3 Å². The predicted octanol–water partition coefficient (Wildman–Crippen LogP) is 3.21. The van der Waals surface area contributed by atoms with Crippen LogP contribution in [0.1, 0.15) is 24.1 Å². The second-order valence-corrected chi connectivity index (χ2v) is 4.59. The van der Waals surface area contributed by atoms with Crippen molar-refractivity contribution in [1.82, 2.24) is 9.38 Å². The maximum atomic E-state index is 13.2. The molecule has 3 nitrogen and oxygen atoms in total. The number of anilines is 1. The van der Waals surface area contributed by atoms with Gasteiger partial charge < -0.3 is 5.73 Å². The van der Waals surface area contributed by atoms with Crippen molar-refractivity contribution in [2.45, 2.75) is 12.8 Å². The number of benzene rings is 1. The SMILES string of the molecule is CC(c1ccccc1)c1nc2ccc(F)cn2c1N. The number of hydrogen-bond acceptors (Lipinski definition) is 2. The van der Waals surface area contributed by atoms with Crippen molar-refractivity contribution in [3.05, 3.63) is 65.7 Å². The summed E-state index contributed by atoms with van der Waals surface area (Å²) in [6.45, 7) is 2.05. The molecule has 0 aliphatic carbocycles. The zero-order valence-corrected chi connectivity index (χ0v) is 10.5. The minimum atomic E-state index is -0.324. The van der Waals surface area contributed by atoms with Crippen LogP contribution in [0, 0.1) is 5.82 Å². The Morgan fingerprint density at radius 3 is 2.63 bits per heavy atom. The first-order valence-electron chi connectivity index (χ1n) is 6.15. The van der Waals surface area contributed by atoms with Crippen LogP contribution in [0.15, 0.2) is 48.7 Å². The standard InChI is InChI=1S/C15H14FN3/c1-10(11-5-3-2-4-6-11)14-15(17)19-9-12(16)7-8-13(19)18-14/h2-10H,17H2,1H3.